The van der Waals surface area contributed by atoms with Gasteiger partial charge in [-0.05, 0) is 74.2 Å². The molecule has 0 radical (unpaired) electrons. The van der Waals surface area contributed by atoms with E-state index in [1.807, 2.05) is 30.5 Å². The lowest BCUT2D eigenvalue weighted by atomic mass is 9.48. The van der Waals surface area contributed by atoms with E-state index in [-0.39, 0.29) is 28.1 Å². The van der Waals surface area contributed by atoms with E-state index in [1.165, 1.54) is 32.1 Å². The first-order chi connectivity index (χ1) is 13.3. The number of carbonyl (C=O) groups excluding carboxylic acids is 2. The zero-order valence-electron chi connectivity index (χ0n) is 16.7. The van der Waals surface area contributed by atoms with Gasteiger partial charge >= 0.3 is 0 Å². The summed E-state index contributed by atoms with van der Waals surface area (Å²) in [7, 11) is 1.76. The Morgan fingerprint density at radius 2 is 1.89 bits per heavy atom. The van der Waals surface area contributed by atoms with Crippen LogP contribution in [0.4, 0.5) is 5.69 Å². The van der Waals surface area contributed by atoms with Crippen molar-refractivity contribution in [3.63, 3.8) is 0 Å². The lowest BCUT2D eigenvalue weighted by molar-refractivity contribution is -0.139. The van der Waals surface area contributed by atoms with Crippen LogP contribution in [0.5, 0.6) is 0 Å². The molecule has 4 fully saturated rings. The molecule has 4 aliphatic carbocycles. The van der Waals surface area contributed by atoms with Crippen LogP contribution < -0.4 is 5.32 Å². The largest absolute Gasteiger partial charge is 0.336 e. The summed E-state index contributed by atoms with van der Waals surface area (Å²) < 4.78 is 0.259. The molecule has 4 saturated carbocycles. The van der Waals surface area contributed by atoms with Gasteiger partial charge in [-0.15, -0.1) is 11.8 Å². The second-order valence-electron chi connectivity index (χ2n) is 9.29. The first-order valence-corrected chi connectivity index (χ1v) is 12.2. The van der Waals surface area contributed by atoms with Crippen molar-refractivity contribution in [1.29, 1.82) is 0 Å². The van der Waals surface area contributed by atoms with Crippen LogP contribution in [-0.2, 0) is 9.59 Å². The lowest BCUT2D eigenvalue weighted by Crippen LogP contribution is -2.54. The van der Waals surface area contributed by atoms with Crippen molar-refractivity contribution in [2.75, 3.05) is 25.2 Å². The Hall–Kier alpha value is -1.01. The van der Waals surface area contributed by atoms with E-state index in [4.69, 9.17) is 0 Å². The molecule has 4 aliphatic rings. The van der Waals surface area contributed by atoms with E-state index < -0.39 is 0 Å². The minimum atomic E-state index is -0.139. The van der Waals surface area contributed by atoms with Crippen molar-refractivity contribution in [2.24, 2.45) is 17.3 Å². The van der Waals surface area contributed by atoms with Crippen LogP contribution >= 0.6 is 27.7 Å². The van der Waals surface area contributed by atoms with Gasteiger partial charge in [-0.3, -0.25) is 9.59 Å². The molecule has 2 atom stereocenters. The van der Waals surface area contributed by atoms with Crippen molar-refractivity contribution >= 4 is 45.2 Å². The number of hydrogen-bond donors (Lipinski definition) is 1. The first-order valence-electron chi connectivity index (χ1n) is 10.2. The fourth-order valence-corrected chi connectivity index (χ4v) is 8.30. The van der Waals surface area contributed by atoms with Gasteiger partial charge in [0, 0.05) is 22.7 Å². The molecule has 1 aromatic carbocycles. The number of nitrogens with one attached hydrogen (secondary N) is 1. The van der Waals surface area contributed by atoms with Crippen LogP contribution in [0, 0.1) is 17.3 Å². The molecule has 0 heterocycles. The number of rotatable bonds is 6. The maximum Gasteiger partial charge on any atom is 0.244 e. The number of alkyl halides is 1. The Morgan fingerprint density at radius 3 is 2.54 bits per heavy atom. The average molecular weight is 465 g/mol. The van der Waals surface area contributed by atoms with E-state index in [9.17, 15) is 9.59 Å². The van der Waals surface area contributed by atoms with Crippen LogP contribution in [0.1, 0.15) is 44.9 Å². The summed E-state index contributed by atoms with van der Waals surface area (Å²) in [5, 5.41) is 2.95. The van der Waals surface area contributed by atoms with E-state index in [2.05, 4.69) is 21.2 Å². The monoisotopic (exact) mass is 464 g/mol. The molecule has 0 aliphatic heterocycles. The predicted molar refractivity (Wildman–Crippen MR) is 118 cm³/mol. The number of para-hydroxylation sites is 1. The number of benzene rings is 1. The molecule has 5 rings (SSSR count). The van der Waals surface area contributed by atoms with Crippen LogP contribution in [-0.4, -0.2) is 40.9 Å². The Kier molecular flexibility index (Phi) is 5.56. The molecule has 4 bridgehead atoms. The van der Waals surface area contributed by atoms with Gasteiger partial charge in [0.15, 0.2) is 0 Å². The van der Waals surface area contributed by atoms with E-state index in [1.54, 1.807) is 23.7 Å². The number of likely N-dealkylation sites (N-methyl/N-ethyl adjacent to an activating group) is 1. The topological polar surface area (TPSA) is 49.4 Å². The number of hydrogen-bond acceptors (Lipinski definition) is 3. The smallest absolute Gasteiger partial charge is 0.244 e. The Morgan fingerprint density at radius 1 is 1.21 bits per heavy atom. The van der Waals surface area contributed by atoms with Crippen molar-refractivity contribution in [2.45, 2.75) is 54.2 Å². The highest BCUT2D eigenvalue weighted by molar-refractivity contribution is 9.10. The van der Waals surface area contributed by atoms with Crippen LogP contribution in [0.15, 0.2) is 29.2 Å². The number of anilines is 1. The fourth-order valence-electron chi connectivity index (χ4n) is 6.24. The van der Waals surface area contributed by atoms with Gasteiger partial charge in [0.1, 0.15) is 0 Å². The molecule has 6 heteroatoms. The summed E-state index contributed by atoms with van der Waals surface area (Å²) in [6.07, 6.45) is 9.93. The number of amides is 2. The van der Waals surface area contributed by atoms with Gasteiger partial charge in [0.25, 0.3) is 0 Å². The Balaban J connectivity index is 1.36. The van der Waals surface area contributed by atoms with Crippen molar-refractivity contribution < 1.29 is 9.59 Å². The van der Waals surface area contributed by atoms with Crippen LogP contribution in [0.25, 0.3) is 0 Å². The van der Waals surface area contributed by atoms with Gasteiger partial charge in [-0.1, -0.05) is 28.1 Å². The molecule has 2 unspecified atom stereocenters. The third-order valence-electron chi connectivity index (χ3n) is 6.82. The summed E-state index contributed by atoms with van der Waals surface area (Å²) in [6, 6.07) is 7.75. The van der Waals surface area contributed by atoms with Gasteiger partial charge in [0.2, 0.25) is 11.8 Å². The molecule has 28 heavy (non-hydrogen) atoms. The molecule has 4 nitrogen and oxygen atoms in total. The highest BCUT2D eigenvalue weighted by Crippen LogP contribution is 2.65. The maximum absolute atomic E-state index is 13.0. The maximum atomic E-state index is 13.0. The molecule has 1 aromatic rings. The lowest BCUT2D eigenvalue weighted by Gasteiger charge is -2.60. The number of thioether (sulfide) groups is 1. The first kappa shape index (κ1) is 20.3. The third kappa shape index (κ3) is 4.13. The molecule has 0 spiro atoms. The van der Waals surface area contributed by atoms with Crippen LogP contribution in [0.3, 0.4) is 0 Å². The molecule has 2 amide bonds. The summed E-state index contributed by atoms with van der Waals surface area (Å²) in [5.41, 5.74) is 0.948. The van der Waals surface area contributed by atoms with Gasteiger partial charge in [-0.2, -0.15) is 0 Å². The van der Waals surface area contributed by atoms with E-state index in [0.29, 0.717) is 6.42 Å². The second-order valence-corrected chi connectivity index (χ2v) is 11.8. The normalized spacial score (nSPS) is 33.0. The quantitative estimate of drug-likeness (QED) is 0.479. The van der Waals surface area contributed by atoms with Crippen LogP contribution in [0.2, 0.25) is 0 Å². The molecule has 0 saturated heterocycles. The number of carbonyl (C=O) groups is 2. The molecular formula is C22H29BrN2O2S. The van der Waals surface area contributed by atoms with E-state index in [0.717, 1.165) is 28.8 Å². The van der Waals surface area contributed by atoms with Gasteiger partial charge < -0.3 is 10.2 Å². The summed E-state index contributed by atoms with van der Waals surface area (Å²) in [6.45, 7) is 0.101. The van der Waals surface area contributed by atoms with Crippen molar-refractivity contribution in [3.8, 4) is 0 Å². The van der Waals surface area contributed by atoms with Gasteiger partial charge in [-0.25, -0.2) is 0 Å². The molecule has 1 N–H and O–H groups in total. The number of halogens is 1. The Labute approximate surface area is 180 Å². The number of nitrogens with zero attached hydrogens (tertiary/aromatic N) is 1. The minimum Gasteiger partial charge on any atom is -0.336 e. The minimum absolute atomic E-state index is 0.101. The standard InChI is InChI=1S/C22H29BrN2O2S/c1-25(13-19(26)24-17-5-3-4-6-18(17)28-2)20(27)12-21-8-15-7-16(9-21)11-22(23,10-15)14-21/h3-6,15-16H,7-14H2,1-2H3,(H,24,26). The fraction of sp³-hybridized carbons (Fsp3) is 0.636. The third-order valence-corrected chi connectivity index (χ3v) is 8.55. The zero-order valence-corrected chi connectivity index (χ0v) is 19.1. The second kappa shape index (κ2) is 7.67. The van der Waals surface area contributed by atoms with Crippen molar-refractivity contribution in [1.82, 2.24) is 4.90 Å². The SMILES string of the molecule is CSc1ccccc1NC(=O)CN(C)C(=O)CC12CC3CC(CC(Br)(C3)C1)C2. The molecule has 152 valence electrons. The molecule has 0 aromatic heterocycles. The highest BCUT2D eigenvalue weighted by Gasteiger charge is 2.57. The highest BCUT2D eigenvalue weighted by atomic mass is 79.9. The Bertz CT molecular complexity index is 770. The predicted octanol–water partition coefficient (Wildman–Crippen LogP) is 4.93. The van der Waals surface area contributed by atoms with E-state index >= 15 is 0 Å². The molecular weight excluding hydrogens is 436 g/mol. The average Bonchev–Trinajstić information content (AvgIpc) is 2.59. The van der Waals surface area contributed by atoms with Crippen molar-refractivity contribution in [3.05, 3.63) is 24.3 Å². The van der Waals surface area contributed by atoms with Gasteiger partial charge in [0.05, 0.1) is 12.2 Å². The summed E-state index contributed by atoms with van der Waals surface area (Å²) in [5.74, 6) is 1.50. The summed E-state index contributed by atoms with van der Waals surface area (Å²) in [4.78, 5) is 28.1. The summed E-state index contributed by atoms with van der Waals surface area (Å²) >= 11 is 5.62. The zero-order chi connectivity index (χ0) is 19.9.